The molecular formula is C55H39N3. The molecule has 1 heterocycles. The van der Waals surface area contributed by atoms with Crippen molar-refractivity contribution in [3.05, 3.63) is 234 Å². The zero-order valence-electron chi connectivity index (χ0n) is 32.4. The maximum absolute atomic E-state index is 5.20. The van der Waals surface area contributed by atoms with Crippen molar-refractivity contribution >= 4 is 0 Å². The molecule has 2 aliphatic rings. The van der Waals surface area contributed by atoms with Crippen molar-refractivity contribution in [3.63, 3.8) is 0 Å². The molecule has 0 saturated heterocycles. The second-order valence-electron chi connectivity index (χ2n) is 15.9. The van der Waals surface area contributed by atoms with Crippen molar-refractivity contribution in [1.82, 2.24) is 15.0 Å². The Morgan fingerprint density at radius 2 is 0.724 bits per heavy atom. The van der Waals surface area contributed by atoms with Crippen molar-refractivity contribution in [3.8, 4) is 67.5 Å². The lowest BCUT2D eigenvalue weighted by Crippen LogP contribution is -2.40. The van der Waals surface area contributed by atoms with Gasteiger partial charge in [0.1, 0.15) is 0 Å². The molecular weight excluding hydrogens is 703 g/mol. The predicted molar refractivity (Wildman–Crippen MR) is 236 cm³/mol. The zero-order chi connectivity index (χ0) is 38.8. The van der Waals surface area contributed by atoms with Crippen LogP contribution >= 0.6 is 0 Å². The molecule has 0 saturated carbocycles. The molecule has 1 aromatic heterocycles. The zero-order valence-corrected chi connectivity index (χ0v) is 32.4. The summed E-state index contributed by atoms with van der Waals surface area (Å²) >= 11 is 0. The van der Waals surface area contributed by atoms with Crippen LogP contribution in [0.3, 0.4) is 0 Å². The summed E-state index contributed by atoms with van der Waals surface area (Å²) in [5.74, 6) is 1.92. The van der Waals surface area contributed by atoms with Crippen molar-refractivity contribution in [1.29, 1.82) is 0 Å². The summed E-state index contributed by atoms with van der Waals surface area (Å²) in [6.07, 6.45) is 0. The molecule has 0 fully saturated rings. The van der Waals surface area contributed by atoms with E-state index in [0.29, 0.717) is 17.5 Å². The van der Waals surface area contributed by atoms with Gasteiger partial charge in [0, 0.05) is 22.1 Å². The molecule has 274 valence electrons. The van der Waals surface area contributed by atoms with Gasteiger partial charge in [0.25, 0.3) is 0 Å². The molecule has 8 aromatic carbocycles. The summed E-state index contributed by atoms with van der Waals surface area (Å²) in [6.45, 7) is 4.74. The number of aromatic nitrogens is 3. The Hall–Kier alpha value is -7.23. The van der Waals surface area contributed by atoms with Crippen LogP contribution in [-0.4, -0.2) is 15.0 Å². The van der Waals surface area contributed by atoms with Gasteiger partial charge in [-0.15, -0.1) is 0 Å². The minimum atomic E-state index is -0.416. The van der Waals surface area contributed by atoms with Crippen molar-refractivity contribution in [2.75, 3.05) is 0 Å². The quantitative estimate of drug-likeness (QED) is 0.176. The summed E-state index contributed by atoms with van der Waals surface area (Å²) in [4.78, 5) is 15.4. The van der Waals surface area contributed by atoms with Crippen LogP contribution < -0.4 is 0 Å². The second-order valence-corrected chi connectivity index (χ2v) is 15.9. The molecule has 2 aliphatic carbocycles. The summed E-state index contributed by atoms with van der Waals surface area (Å²) < 4.78 is 0. The van der Waals surface area contributed by atoms with Crippen LogP contribution in [0.2, 0.25) is 0 Å². The van der Waals surface area contributed by atoms with Crippen LogP contribution in [-0.2, 0) is 10.8 Å². The Kier molecular flexibility index (Phi) is 7.74. The molecule has 0 unspecified atom stereocenters. The highest BCUT2D eigenvalue weighted by Crippen LogP contribution is 2.62. The van der Waals surface area contributed by atoms with Gasteiger partial charge in [-0.05, 0) is 78.9 Å². The number of hydrogen-bond donors (Lipinski definition) is 0. The van der Waals surface area contributed by atoms with Gasteiger partial charge >= 0.3 is 0 Å². The van der Waals surface area contributed by atoms with E-state index in [1.165, 1.54) is 44.5 Å². The SMILES string of the molecule is CC1(C)c2ccccc2C2(c3ccccc3-c3cc(-c4cccc(-c5nc(-c6ccccc6)nc(-c6ccccc6-c6ccccc6)n5)c4)ccc32)c2ccccc21. The lowest BCUT2D eigenvalue weighted by Gasteiger charge is -2.46. The van der Waals surface area contributed by atoms with E-state index in [2.05, 4.69) is 190 Å². The van der Waals surface area contributed by atoms with E-state index in [1.54, 1.807) is 0 Å². The first-order valence-electron chi connectivity index (χ1n) is 20.0. The molecule has 9 aromatic rings. The molecule has 0 N–H and O–H groups in total. The predicted octanol–water partition coefficient (Wildman–Crippen LogP) is 13.2. The minimum Gasteiger partial charge on any atom is -0.208 e. The van der Waals surface area contributed by atoms with Crippen LogP contribution in [0.25, 0.3) is 67.5 Å². The Morgan fingerprint density at radius 1 is 0.276 bits per heavy atom. The summed E-state index contributed by atoms with van der Waals surface area (Å²) in [7, 11) is 0. The van der Waals surface area contributed by atoms with Gasteiger partial charge in [-0.1, -0.05) is 202 Å². The minimum absolute atomic E-state index is 0.130. The van der Waals surface area contributed by atoms with Gasteiger partial charge in [0.15, 0.2) is 17.5 Å². The number of hydrogen-bond acceptors (Lipinski definition) is 3. The van der Waals surface area contributed by atoms with E-state index in [1.807, 2.05) is 24.3 Å². The van der Waals surface area contributed by atoms with Crippen LogP contribution in [0, 0.1) is 0 Å². The number of fused-ring (bicyclic) bond motifs is 9. The van der Waals surface area contributed by atoms with Gasteiger partial charge in [-0.25, -0.2) is 15.0 Å². The number of benzene rings is 8. The third-order valence-corrected chi connectivity index (χ3v) is 12.4. The van der Waals surface area contributed by atoms with Gasteiger partial charge < -0.3 is 0 Å². The third kappa shape index (κ3) is 5.10. The highest BCUT2D eigenvalue weighted by molar-refractivity contribution is 5.91. The molecule has 0 atom stereocenters. The maximum atomic E-state index is 5.20. The number of nitrogens with zero attached hydrogens (tertiary/aromatic N) is 3. The van der Waals surface area contributed by atoms with E-state index >= 15 is 0 Å². The third-order valence-electron chi connectivity index (χ3n) is 12.4. The van der Waals surface area contributed by atoms with Crippen LogP contribution in [0.4, 0.5) is 0 Å². The van der Waals surface area contributed by atoms with E-state index in [9.17, 15) is 0 Å². The molecule has 3 heteroatoms. The van der Waals surface area contributed by atoms with E-state index < -0.39 is 5.41 Å². The largest absolute Gasteiger partial charge is 0.208 e. The molecule has 0 amide bonds. The van der Waals surface area contributed by atoms with Crippen molar-refractivity contribution in [2.24, 2.45) is 0 Å². The topological polar surface area (TPSA) is 38.7 Å². The second kappa shape index (κ2) is 13.2. The summed E-state index contributed by atoms with van der Waals surface area (Å²) in [6, 6.07) is 72.0. The van der Waals surface area contributed by atoms with E-state index in [-0.39, 0.29) is 5.41 Å². The fourth-order valence-electron chi connectivity index (χ4n) is 9.77. The van der Waals surface area contributed by atoms with E-state index in [4.69, 9.17) is 15.0 Å². The average molecular weight is 742 g/mol. The Labute approximate surface area is 339 Å². The van der Waals surface area contributed by atoms with Gasteiger partial charge in [0.05, 0.1) is 5.41 Å². The summed E-state index contributed by atoms with van der Waals surface area (Å²) in [5, 5.41) is 0. The lowest BCUT2D eigenvalue weighted by atomic mass is 9.55. The van der Waals surface area contributed by atoms with Crippen molar-refractivity contribution in [2.45, 2.75) is 24.7 Å². The van der Waals surface area contributed by atoms with Crippen LogP contribution in [0.1, 0.15) is 47.2 Å². The monoisotopic (exact) mass is 741 g/mol. The fourth-order valence-corrected chi connectivity index (χ4v) is 9.77. The Morgan fingerprint density at radius 3 is 1.40 bits per heavy atom. The lowest BCUT2D eigenvalue weighted by molar-refractivity contribution is 0.563. The summed E-state index contributed by atoms with van der Waals surface area (Å²) in [5.41, 5.74) is 17.5. The first-order chi connectivity index (χ1) is 28.5. The molecule has 0 bridgehead atoms. The molecule has 58 heavy (non-hydrogen) atoms. The highest BCUT2D eigenvalue weighted by atomic mass is 15.0. The van der Waals surface area contributed by atoms with Crippen LogP contribution in [0.15, 0.2) is 200 Å². The molecule has 0 radical (unpaired) electrons. The fraction of sp³-hybridized carbons (Fsp3) is 0.0727. The molecule has 3 nitrogen and oxygen atoms in total. The average Bonchev–Trinajstić information content (AvgIpc) is 3.59. The van der Waals surface area contributed by atoms with Crippen molar-refractivity contribution < 1.29 is 0 Å². The maximum Gasteiger partial charge on any atom is 0.164 e. The van der Waals surface area contributed by atoms with E-state index in [0.717, 1.165) is 38.9 Å². The normalized spacial score (nSPS) is 14.0. The molecule has 0 aliphatic heterocycles. The van der Waals surface area contributed by atoms with Gasteiger partial charge in [-0.2, -0.15) is 0 Å². The number of rotatable bonds is 5. The first-order valence-corrected chi connectivity index (χ1v) is 20.0. The highest BCUT2D eigenvalue weighted by Gasteiger charge is 2.53. The van der Waals surface area contributed by atoms with Gasteiger partial charge in [-0.3, -0.25) is 0 Å². The Balaban J connectivity index is 1.07. The van der Waals surface area contributed by atoms with Gasteiger partial charge in [0.2, 0.25) is 0 Å². The molecule has 1 spiro atoms. The standard InChI is InChI=1S/C55H39N3/c1-54(2)47-28-13-15-30-49(47)55(50-31-16-14-29-48(50)54)45-27-12-11-25-42(45)44-35-39(32-33-46(44)55)38-22-17-23-40(34-38)52-56-51(37-20-7-4-8-21-37)57-53(58-52)43-26-10-9-24-41(43)36-18-5-3-6-19-36/h3-35H,1-2H3. The van der Waals surface area contributed by atoms with Crippen LogP contribution in [0.5, 0.6) is 0 Å². The first kappa shape index (κ1) is 34.1. The smallest absolute Gasteiger partial charge is 0.164 e. The molecule has 11 rings (SSSR count). The Bertz CT molecular complexity index is 2990.